The van der Waals surface area contributed by atoms with Crippen LogP contribution in [0.1, 0.15) is 12.5 Å². The van der Waals surface area contributed by atoms with Crippen molar-refractivity contribution in [2.75, 3.05) is 6.61 Å². The minimum atomic E-state index is -3.25. The molecular formula is C15H14F4N2O6. The third kappa shape index (κ3) is 9.09. The third-order valence-electron chi connectivity index (χ3n) is 2.55. The fourth-order valence-corrected chi connectivity index (χ4v) is 1.56. The van der Waals surface area contributed by atoms with E-state index in [9.17, 15) is 31.9 Å². The first-order valence-electron chi connectivity index (χ1n) is 7.11. The van der Waals surface area contributed by atoms with Crippen LogP contribution in [0.4, 0.5) is 17.6 Å². The maximum Gasteiger partial charge on any atom is 0.387 e. The van der Waals surface area contributed by atoms with Crippen molar-refractivity contribution in [2.45, 2.75) is 20.1 Å². The van der Waals surface area contributed by atoms with Crippen molar-refractivity contribution in [3.8, 4) is 11.5 Å². The Morgan fingerprint density at radius 2 is 1.74 bits per heavy atom. The molecule has 0 spiro atoms. The molecule has 27 heavy (non-hydrogen) atoms. The van der Waals surface area contributed by atoms with Gasteiger partial charge in [-0.05, 0) is 18.2 Å². The maximum absolute atomic E-state index is 12.4. The lowest BCUT2D eigenvalue weighted by Gasteiger charge is -2.11. The van der Waals surface area contributed by atoms with Crippen LogP contribution >= 0.6 is 0 Å². The molecule has 8 nitrogen and oxygen atoms in total. The summed E-state index contributed by atoms with van der Waals surface area (Å²) in [4.78, 5) is 33.3. The number of hydrogen-bond acceptors (Lipinski definition) is 6. The van der Waals surface area contributed by atoms with Gasteiger partial charge in [-0.3, -0.25) is 20.4 Å². The molecule has 0 saturated carbocycles. The lowest BCUT2D eigenvalue weighted by Crippen LogP contribution is -2.42. The van der Waals surface area contributed by atoms with Gasteiger partial charge in [0, 0.05) is 24.6 Å². The quantitative estimate of drug-likeness (QED) is 0.301. The van der Waals surface area contributed by atoms with Crippen LogP contribution in [-0.2, 0) is 19.1 Å². The van der Waals surface area contributed by atoms with Gasteiger partial charge in [0.05, 0.1) is 0 Å². The van der Waals surface area contributed by atoms with E-state index in [4.69, 9.17) is 0 Å². The molecule has 2 amide bonds. The molecule has 0 heterocycles. The lowest BCUT2D eigenvalue weighted by atomic mass is 10.1. The molecule has 1 aromatic rings. The van der Waals surface area contributed by atoms with E-state index < -0.39 is 49.1 Å². The molecule has 0 bridgehead atoms. The van der Waals surface area contributed by atoms with E-state index in [1.165, 1.54) is 0 Å². The number of hydrazine groups is 1. The fraction of sp³-hybridized carbons (Fsp3) is 0.267. The Morgan fingerprint density at radius 3 is 2.33 bits per heavy atom. The highest BCUT2D eigenvalue weighted by Gasteiger charge is 2.13. The van der Waals surface area contributed by atoms with Gasteiger partial charge in [0.1, 0.15) is 11.5 Å². The summed E-state index contributed by atoms with van der Waals surface area (Å²) < 4.78 is 62.0. The van der Waals surface area contributed by atoms with Crippen LogP contribution in [0, 0.1) is 0 Å². The van der Waals surface area contributed by atoms with Crippen molar-refractivity contribution < 1.29 is 46.2 Å². The number of carbonyl (C=O) groups excluding carboxylic acids is 3. The summed E-state index contributed by atoms with van der Waals surface area (Å²) in [5, 5.41) is 0. The summed E-state index contributed by atoms with van der Waals surface area (Å²) in [6.45, 7) is -5.98. The highest BCUT2D eigenvalue weighted by Crippen LogP contribution is 2.28. The topological polar surface area (TPSA) is 103 Å². The molecule has 0 saturated heterocycles. The second-order valence-electron chi connectivity index (χ2n) is 4.63. The van der Waals surface area contributed by atoms with Crippen molar-refractivity contribution in [1.82, 2.24) is 10.9 Å². The fourth-order valence-electron chi connectivity index (χ4n) is 1.56. The van der Waals surface area contributed by atoms with Crippen molar-refractivity contribution in [3.05, 3.63) is 29.8 Å². The number of benzene rings is 1. The number of nitrogens with one attached hydrogen (secondary N) is 2. The van der Waals surface area contributed by atoms with Crippen LogP contribution in [0.25, 0.3) is 6.08 Å². The number of rotatable bonds is 8. The zero-order valence-corrected chi connectivity index (χ0v) is 13.7. The first kappa shape index (κ1) is 21.7. The number of alkyl halides is 4. The molecular weight excluding hydrogens is 380 g/mol. The minimum absolute atomic E-state index is 0.0587. The smallest absolute Gasteiger partial charge is 0.387 e. The van der Waals surface area contributed by atoms with Crippen molar-refractivity contribution in [1.29, 1.82) is 0 Å². The molecule has 1 aromatic carbocycles. The van der Waals surface area contributed by atoms with Gasteiger partial charge < -0.3 is 14.2 Å². The standard InChI is InChI=1S/C15H14F4N2O6/c1-8(22)20-21-12(23)7-25-13(24)5-3-9-2-4-10(26-14(16)17)6-11(9)27-15(18)19/h2-6,14-15H,7H2,1H3,(H,20,22)(H,21,23)/b5-3+. The van der Waals surface area contributed by atoms with E-state index in [-0.39, 0.29) is 5.56 Å². The third-order valence-corrected chi connectivity index (χ3v) is 2.55. The van der Waals surface area contributed by atoms with Crippen molar-refractivity contribution in [2.24, 2.45) is 0 Å². The number of hydrogen-bond donors (Lipinski definition) is 2. The van der Waals surface area contributed by atoms with Crippen LogP contribution in [-0.4, -0.2) is 37.6 Å². The summed E-state index contributed by atoms with van der Waals surface area (Å²) in [7, 11) is 0. The van der Waals surface area contributed by atoms with Crippen LogP contribution in [0.5, 0.6) is 11.5 Å². The predicted molar refractivity (Wildman–Crippen MR) is 81.7 cm³/mol. The molecule has 0 unspecified atom stereocenters. The molecule has 148 valence electrons. The van der Waals surface area contributed by atoms with Crippen LogP contribution in [0.15, 0.2) is 24.3 Å². The average Bonchev–Trinajstić information content (AvgIpc) is 2.56. The van der Waals surface area contributed by atoms with Gasteiger partial charge in [-0.15, -0.1) is 0 Å². The minimum Gasteiger partial charge on any atom is -0.452 e. The Balaban J connectivity index is 2.73. The Labute approximate surface area is 150 Å². The van der Waals surface area contributed by atoms with Crippen molar-refractivity contribution >= 4 is 23.9 Å². The zero-order valence-electron chi connectivity index (χ0n) is 13.7. The lowest BCUT2D eigenvalue weighted by molar-refractivity contribution is -0.144. The summed E-state index contributed by atoms with van der Waals surface area (Å²) in [5.74, 6) is -3.31. The molecule has 0 aliphatic carbocycles. The second kappa shape index (κ2) is 10.6. The summed E-state index contributed by atoms with van der Waals surface area (Å²) in [6, 6.07) is 2.95. The summed E-state index contributed by atoms with van der Waals surface area (Å²) in [5.41, 5.74) is 3.86. The molecule has 1 rings (SSSR count). The first-order chi connectivity index (χ1) is 12.7. The Bertz CT molecular complexity index is 712. The van der Waals surface area contributed by atoms with Crippen molar-refractivity contribution in [3.63, 3.8) is 0 Å². The van der Waals surface area contributed by atoms with Gasteiger partial charge in [0.25, 0.3) is 5.91 Å². The zero-order chi connectivity index (χ0) is 20.4. The SMILES string of the molecule is CC(=O)NNC(=O)COC(=O)/C=C/c1ccc(OC(F)F)cc1OC(F)F. The Hall–Kier alpha value is -3.31. The number of halogens is 4. The van der Waals surface area contributed by atoms with E-state index in [2.05, 4.69) is 14.2 Å². The highest BCUT2D eigenvalue weighted by atomic mass is 19.3. The van der Waals surface area contributed by atoms with E-state index >= 15 is 0 Å². The number of esters is 1. The van der Waals surface area contributed by atoms with Gasteiger partial charge in [-0.1, -0.05) is 0 Å². The van der Waals surface area contributed by atoms with E-state index in [0.29, 0.717) is 0 Å². The van der Waals surface area contributed by atoms with Gasteiger partial charge >= 0.3 is 19.2 Å². The molecule has 0 radical (unpaired) electrons. The second-order valence-corrected chi connectivity index (χ2v) is 4.63. The maximum atomic E-state index is 12.4. The molecule has 0 aliphatic rings. The molecule has 0 fully saturated rings. The van der Waals surface area contributed by atoms with Gasteiger partial charge in [0.2, 0.25) is 5.91 Å². The molecule has 0 atom stereocenters. The van der Waals surface area contributed by atoms with Crippen LogP contribution in [0.3, 0.4) is 0 Å². The van der Waals surface area contributed by atoms with Gasteiger partial charge in [-0.2, -0.15) is 17.6 Å². The van der Waals surface area contributed by atoms with Gasteiger partial charge in [-0.25, -0.2) is 4.79 Å². The summed E-state index contributed by atoms with van der Waals surface area (Å²) >= 11 is 0. The van der Waals surface area contributed by atoms with Gasteiger partial charge in [0.15, 0.2) is 6.61 Å². The number of ether oxygens (including phenoxy) is 3. The van der Waals surface area contributed by atoms with Crippen LogP contribution < -0.4 is 20.3 Å². The highest BCUT2D eigenvalue weighted by molar-refractivity contribution is 5.90. The predicted octanol–water partition coefficient (Wildman–Crippen LogP) is 1.61. The van der Waals surface area contributed by atoms with Crippen LogP contribution in [0.2, 0.25) is 0 Å². The van der Waals surface area contributed by atoms with E-state index in [0.717, 1.165) is 37.3 Å². The molecule has 2 N–H and O–H groups in total. The largest absolute Gasteiger partial charge is 0.452 e. The first-order valence-corrected chi connectivity index (χ1v) is 7.11. The molecule has 12 heteroatoms. The Morgan fingerprint density at radius 1 is 1.07 bits per heavy atom. The number of amides is 2. The van der Waals surface area contributed by atoms with E-state index in [1.807, 2.05) is 10.9 Å². The normalized spacial score (nSPS) is 10.8. The van der Waals surface area contributed by atoms with E-state index in [1.54, 1.807) is 0 Å². The monoisotopic (exact) mass is 394 g/mol. The molecule has 0 aromatic heterocycles. The number of carbonyl (C=O) groups is 3. The average molecular weight is 394 g/mol. The molecule has 0 aliphatic heterocycles. The summed E-state index contributed by atoms with van der Waals surface area (Å²) in [6.07, 6.45) is 1.81. The Kier molecular flexibility index (Phi) is 8.56.